The van der Waals surface area contributed by atoms with Crippen LogP contribution in [0.15, 0.2) is 54.6 Å². The summed E-state index contributed by atoms with van der Waals surface area (Å²) in [6, 6.07) is 9.20. The predicted molar refractivity (Wildman–Crippen MR) is 130 cm³/mol. The highest BCUT2D eigenvalue weighted by molar-refractivity contribution is 6.33. The molecule has 2 aromatic rings. The molecule has 0 saturated heterocycles. The zero-order chi connectivity index (χ0) is 24.5. The van der Waals surface area contributed by atoms with Crippen LogP contribution in [0.3, 0.4) is 0 Å². The van der Waals surface area contributed by atoms with E-state index in [1.807, 2.05) is 38.1 Å². The summed E-state index contributed by atoms with van der Waals surface area (Å²) >= 11 is 6.54. The van der Waals surface area contributed by atoms with Gasteiger partial charge in [0.05, 0.1) is 5.02 Å². The first-order valence-corrected chi connectivity index (χ1v) is 11.2. The number of hydrogen-bond acceptors (Lipinski definition) is 6. The lowest BCUT2D eigenvalue weighted by Crippen LogP contribution is -2.25. The fraction of sp³-hybridized carbons (Fsp3) is 0.385. The minimum absolute atomic E-state index is 0.147. The second-order valence-corrected chi connectivity index (χ2v) is 8.19. The van der Waals surface area contributed by atoms with E-state index in [-0.39, 0.29) is 13.2 Å². The summed E-state index contributed by atoms with van der Waals surface area (Å²) in [6.07, 6.45) is 0.314. The van der Waals surface area contributed by atoms with Crippen LogP contribution in [-0.4, -0.2) is 37.4 Å². The van der Waals surface area contributed by atoms with E-state index >= 15 is 0 Å². The number of hydrogen-bond donors (Lipinski definition) is 0. The Morgan fingerprint density at radius 2 is 1.36 bits per heavy atom. The standard InChI is InChI=1S/C26H31ClO6/c1-7-18(32-25(28)16(3)4)14-30-23-13-22(27)24(21-12-10-9-11-20(21)23)31-15-19(8-2)33-26(29)17(5)6/h9-13,18-19H,3,5,7-8,14-15H2,1-2,4,6H3. The molecule has 0 aromatic heterocycles. The summed E-state index contributed by atoms with van der Waals surface area (Å²) in [5.74, 6) is 0.122. The van der Waals surface area contributed by atoms with Crippen LogP contribution < -0.4 is 9.47 Å². The highest BCUT2D eigenvalue weighted by atomic mass is 35.5. The van der Waals surface area contributed by atoms with Gasteiger partial charge >= 0.3 is 11.9 Å². The lowest BCUT2D eigenvalue weighted by Gasteiger charge is -2.21. The SMILES string of the molecule is C=C(C)C(=O)OC(CC)COc1cc(Cl)c(OCC(CC)OC(=O)C(=C)C)c2ccccc12. The molecule has 2 unspecified atom stereocenters. The Labute approximate surface area is 200 Å². The van der Waals surface area contributed by atoms with Gasteiger partial charge in [0.2, 0.25) is 0 Å². The van der Waals surface area contributed by atoms with Crippen LogP contribution in [0.2, 0.25) is 5.02 Å². The van der Waals surface area contributed by atoms with Gasteiger partial charge in [-0.25, -0.2) is 9.59 Å². The van der Waals surface area contributed by atoms with Crippen molar-refractivity contribution >= 4 is 34.3 Å². The van der Waals surface area contributed by atoms with Crippen LogP contribution in [0.25, 0.3) is 10.8 Å². The molecule has 6 nitrogen and oxygen atoms in total. The summed E-state index contributed by atoms with van der Waals surface area (Å²) in [5, 5.41) is 1.91. The fourth-order valence-corrected chi connectivity index (χ4v) is 3.14. The second-order valence-electron chi connectivity index (χ2n) is 7.79. The Balaban J connectivity index is 2.21. The molecule has 2 rings (SSSR count). The van der Waals surface area contributed by atoms with Crippen molar-refractivity contribution in [1.29, 1.82) is 0 Å². The van der Waals surface area contributed by atoms with Crippen LogP contribution in [0, 0.1) is 0 Å². The normalized spacial score (nSPS) is 12.5. The van der Waals surface area contributed by atoms with E-state index in [4.69, 9.17) is 30.5 Å². The fourth-order valence-electron chi connectivity index (χ4n) is 2.88. The van der Waals surface area contributed by atoms with E-state index in [1.165, 1.54) is 0 Å². The number of benzene rings is 2. The van der Waals surface area contributed by atoms with Crippen molar-refractivity contribution in [3.8, 4) is 11.5 Å². The Hall–Kier alpha value is -2.99. The van der Waals surface area contributed by atoms with Gasteiger partial charge < -0.3 is 18.9 Å². The number of rotatable bonds is 12. The quantitative estimate of drug-likeness (QED) is 0.275. The van der Waals surface area contributed by atoms with Gasteiger partial charge in [-0.1, -0.05) is 62.9 Å². The van der Waals surface area contributed by atoms with Gasteiger partial charge in [0.15, 0.2) is 0 Å². The molecule has 0 saturated carbocycles. The lowest BCUT2D eigenvalue weighted by molar-refractivity contribution is -0.146. The molecule has 2 aromatic carbocycles. The van der Waals surface area contributed by atoms with Crippen LogP contribution in [-0.2, 0) is 19.1 Å². The summed E-state index contributed by atoms with van der Waals surface area (Å²) in [7, 11) is 0. The maximum Gasteiger partial charge on any atom is 0.333 e. The highest BCUT2D eigenvalue weighted by Gasteiger charge is 2.19. The molecular weight excluding hydrogens is 444 g/mol. The topological polar surface area (TPSA) is 71.1 Å². The van der Waals surface area contributed by atoms with E-state index in [9.17, 15) is 9.59 Å². The van der Waals surface area contributed by atoms with Crippen LogP contribution >= 0.6 is 11.6 Å². The molecule has 0 radical (unpaired) electrons. The van der Waals surface area contributed by atoms with Crippen molar-refractivity contribution in [1.82, 2.24) is 0 Å². The Morgan fingerprint density at radius 1 is 0.879 bits per heavy atom. The predicted octanol–water partition coefficient (Wildman–Crippen LogP) is 6.05. The van der Waals surface area contributed by atoms with Crippen LogP contribution in [0.5, 0.6) is 11.5 Å². The number of esters is 2. The smallest absolute Gasteiger partial charge is 0.333 e. The maximum absolute atomic E-state index is 11.8. The first kappa shape index (κ1) is 26.3. The van der Waals surface area contributed by atoms with Gasteiger partial charge in [0.25, 0.3) is 0 Å². The molecule has 0 bridgehead atoms. The van der Waals surface area contributed by atoms with Crippen molar-refractivity contribution in [2.75, 3.05) is 13.2 Å². The third-order valence-electron chi connectivity index (χ3n) is 4.91. The summed E-state index contributed by atoms with van der Waals surface area (Å²) in [6.45, 7) is 14.5. The van der Waals surface area contributed by atoms with Crippen LogP contribution in [0.4, 0.5) is 0 Å². The average molecular weight is 475 g/mol. The molecule has 0 amide bonds. The molecule has 0 aliphatic rings. The molecule has 0 N–H and O–H groups in total. The van der Waals surface area contributed by atoms with Gasteiger partial charge in [0, 0.05) is 28.0 Å². The zero-order valence-corrected chi connectivity index (χ0v) is 20.4. The van der Waals surface area contributed by atoms with Gasteiger partial charge in [0.1, 0.15) is 36.9 Å². The highest BCUT2D eigenvalue weighted by Crippen LogP contribution is 2.40. The number of halogens is 1. The van der Waals surface area contributed by atoms with Gasteiger partial charge in [-0.05, 0) is 26.7 Å². The minimum Gasteiger partial charge on any atom is -0.489 e. The molecule has 2 atom stereocenters. The molecular formula is C26H31ClO6. The molecule has 0 aliphatic heterocycles. The van der Waals surface area contributed by atoms with E-state index < -0.39 is 24.1 Å². The van der Waals surface area contributed by atoms with Gasteiger partial charge in [-0.3, -0.25) is 0 Å². The van der Waals surface area contributed by atoms with Crippen molar-refractivity contribution < 1.29 is 28.5 Å². The van der Waals surface area contributed by atoms with E-state index in [2.05, 4.69) is 13.2 Å². The largest absolute Gasteiger partial charge is 0.489 e. The van der Waals surface area contributed by atoms with Gasteiger partial charge in [-0.15, -0.1) is 0 Å². The minimum atomic E-state index is -0.456. The Morgan fingerprint density at radius 3 is 1.85 bits per heavy atom. The Kier molecular flexibility index (Phi) is 9.79. The van der Waals surface area contributed by atoms with E-state index in [1.54, 1.807) is 19.9 Å². The van der Waals surface area contributed by atoms with Crippen molar-refractivity contribution in [2.24, 2.45) is 0 Å². The number of carbonyl (C=O) groups excluding carboxylic acids is 2. The molecule has 0 spiro atoms. The molecule has 33 heavy (non-hydrogen) atoms. The molecule has 7 heteroatoms. The number of fused-ring (bicyclic) bond motifs is 1. The first-order valence-electron chi connectivity index (χ1n) is 10.9. The van der Waals surface area contributed by atoms with Crippen molar-refractivity contribution in [3.05, 3.63) is 59.7 Å². The van der Waals surface area contributed by atoms with Crippen molar-refractivity contribution in [3.63, 3.8) is 0 Å². The monoisotopic (exact) mass is 474 g/mol. The Bertz CT molecular complexity index is 1030. The van der Waals surface area contributed by atoms with E-state index in [0.717, 1.165) is 10.8 Å². The molecule has 0 heterocycles. The second kappa shape index (κ2) is 12.3. The zero-order valence-electron chi connectivity index (χ0n) is 19.6. The van der Waals surface area contributed by atoms with Crippen LogP contribution in [0.1, 0.15) is 40.5 Å². The van der Waals surface area contributed by atoms with E-state index in [0.29, 0.717) is 40.5 Å². The van der Waals surface area contributed by atoms with Gasteiger partial charge in [-0.2, -0.15) is 0 Å². The lowest BCUT2D eigenvalue weighted by atomic mass is 10.1. The third kappa shape index (κ3) is 7.26. The molecule has 0 aliphatic carbocycles. The average Bonchev–Trinajstić information content (AvgIpc) is 2.79. The summed E-state index contributed by atoms with van der Waals surface area (Å²) in [5.41, 5.74) is 0.667. The summed E-state index contributed by atoms with van der Waals surface area (Å²) < 4.78 is 22.8. The maximum atomic E-state index is 11.8. The number of carbonyl (C=O) groups is 2. The molecule has 0 fully saturated rings. The number of ether oxygens (including phenoxy) is 4. The first-order chi connectivity index (χ1) is 15.7. The molecule has 178 valence electrons. The third-order valence-corrected chi connectivity index (χ3v) is 5.19. The summed E-state index contributed by atoms with van der Waals surface area (Å²) in [4.78, 5) is 23.7. The van der Waals surface area contributed by atoms with Crippen molar-refractivity contribution in [2.45, 2.75) is 52.7 Å².